The Bertz CT molecular complexity index is 728. The highest BCUT2D eigenvalue weighted by Gasteiger charge is 2.21. The maximum Gasteiger partial charge on any atom is 0.232 e. The monoisotopic (exact) mass is 289 g/mol. The maximum absolute atomic E-state index is 5.27. The lowest BCUT2D eigenvalue weighted by atomic mass is 9.97. The molecule has 20 heavy (non-hydrogen) atoms. The molecule has 3 rings (SSSR count). The van der Waals surface area contributed by atoms with Gasteiger partial charge in [-0.2, -0.15) is 4.98 Å². The van der Waals surface area contributed by atoms with Crippen LogP contribution in [-0.4, -0.2) is 24.5 Å². The van der Waals surface area contributed by atoms with Crippen LogP contribution in [0.2, 0.25) is 0 Å². The summed E-state index contributed by atoms with van der Waals surface area (Å²) in [6.45, 7) is 6.14. The molecule has 0 N–H and O–H groups in total. The molecule has 0 atom stereocenters. The number of hydrogen-bond acceptors (Lipinski definition) is 6. The van der Waals surface area contributed by atoms with E-state index >= 15 is 0 Å². The maximum atomic E-state index is 5.27. The zero-order valence-electron chi connectivity index (χ0n) is 11.6. The van der Waals surface area contributed by atoms with Crippen LogP contribution >= 0.6 is 11.8 Å². The van der Waals surface area contributed by atoms with Crippen LogP contribution in [-0.2, 0) is 11.2 Å². The molecule has 0 saturated heterocycles. The Balaban J connectivity index is 1.76. The summed E-state index contributed by atoms with van der Waals surface area (Å²) in [6.07, 6.45) is 7.28. The van der Waals surface area contributed by atoms with Gasteiger partial charge < -0.3 is 8.92 Å². The number of rotatable bonds is 3. The van der Waals surface area contributed by atoms with Crippen LogP contribution in [0.5, 0.6) is 0 Å². The van der Waals surface area contributed by atoms with E-state index in [1.165, 1.54) is 0 Å². The average molecular weight is 289 g/mol. The Kier molecular flexibility index (Phi) is 3.21. The van der Waals surface area contributed by atoms with Crippen LogP contribution in [0.1, 0.15) is 32.5 Å². The molecule has 3 aromatic heterocycles. The Labute approximate surface area is 120 Å². The number of aromatic nitrogens is 5. The van der Waals surface area contributed by atoms with Gasteiger partial charge in [-0.15, -0.1) is 0 Å². The smallest absolute Gasteiger partial charge is 0.232 e. The van der Waals surface area contributed by atoms with Crippen LogP contribution in [0.4, 0.5) is 0 Å². The molecule has 0 aliphatic carbocycles. The van der Waals surface area contributed by atoms with Gasteiger partial charge in [0.05, 0.1) is 5.75 Å². The fourth-order valence-electron chi connectivity index (χ4n) is 1.68. The highest BCUT2D eigenvalue weighted by atomic mass is 32.2. The zero-order valence-corrected chi connectivity index (χ0v) is 12.4. The molecule has 0 spiro atoms. The summed E-state index contributed by atoms with van der Waals surface area (Å²) >= 11 is 1.55. The molecule has 0 aliphatic heterocycles. The van der Waals surface area contributed by atoms with Crippen LogP contribution in [0.15, 0.2) is 34.3 Å². The van der Waals surface area contributed by atoms with Crippen molar-refractivity contribution in [1.82, 2.24) is 24.5 Å². The molecule has 0 bridgehead atoms. The molecule has 0 saturated carbocycles. The summed E-state index contributed by atoms with van der Waals surface area (Å²) in [5, 5.41) is 4.86. The van der Waals surface area contributed by atoms with Gasteiger partial charge in [0.25, 0.3) is 0 Å². The second-order valence-corrected chi connectivity index (χ2v) is 6.41. The van der Waals surface area contributed by atoms with E-state index in [4.69, 9.17) is 4.52 Å². The third-order valence-electron chi connectivity index (χ3n) is 2.73. The van der Waals surface area contributed by atoms with E-state index < -0.39 is 0 Å². The van der Waals surface area contributed by atoms with Crippen molar-refractivity contribution in [2.24, 2.45) is 0 Å². The molecule has 104 valence electrons. The van der Waals surface area contributed by atoms with Crippen LogP contribution in [0, 0.1) is 0 Å². The van der Waals surface area contributed by atoms with Crippen molar-refractivity contribution < 1.29 is 4.52 Å². The lowest BCUT2D eigenvalue weighted by Crippen LogP contribution is -2.11. The van der Waals surface area contributed by atoms with Crippen LogP contribution in [0.3, 0.4) is 0 Å². The van der Waals surface area contributed by atoms with Crippen LogP contribution < -0.4 is 0 Å². The summed E-state index contributed by atoms with van der Waals surface area (Å²) in [5.41, 5.74) is 0.717. The van der Waals surface area contributed by atoms with Gasteiger partial charge in [-0.3, -0.25) is 0 Å². The lowest BCUT2D eigenvalue weighted by molar-refractivity contribution is 0.319. The summed E-state index contributed by atoms with van der Waals surface area (Å²) in [4.78, 5) is 13.0. The van der Waals surface area contributed by atoms with Gasteiger partial charge in [0.15, 0.2) is 11.5 Å². The molecule has 6 nitrogen and oxygen atoms in total. The van der Waals surface area contributed by atoms with E-state index in [2.05, 4.69) is 20.1 Å². The molecule has 0 aromatic carbocycles. The minimum Gasteiger partial charge on any atom is -0.339 e. The first-order chi connectivity index (χ1) is 9.54. The molecule has 0 fully saturated rings. The molecule has 0 amide bonds. The van der Waals surface area contributed by atoms with Gasteiger partial charge in [-0.05, 0) is 0 Å². The van der Waals surface area contributed by atoms with Crippen molar-refractivity contribution in [3.63, 3.8) is 0 Å². The number of nitrogens with zero attached hydrogens (tertiary/aromatic N) is 5. The van der Waals surface area contributed by atoms with Gasteiger partial charge in [0.2, 0.25) is 5.89 Å². The van der Waals surface area contributed by atoms with Crippen molar-refractivity contribution in [3.8, 4) is 0 Å². The Morgan fingerprint density at radius 3 is 2.65 bits per heavy atom. The van der Waals surface area contributed by atoms with Gasteiger partial charge in [-0.25, -0.2) is 9.97 Å². The van der Waals surface area contributed by atoms with Crippen molar-refractivity contribution in [2.75, 3.05) is 0 Å². The minimum atomic E-state index is -0.128. The first kappa shape index (κ1) is 13.1. The zero-order chi connectivity index (χ0) is 14.2. The van der Waals surface area contributed by atoms with Crippen LogP contribution in [0.25, 0.3) is 5.65 Å². The Hall–Kier alpha value is -1.89. The second kappa shape index (κ2) is 4.90. The molecule has 3 aromatic rings. The first-order valence-electron chi connectivity index (χ1n) is 6.27. The van der Waals surface area contributed by atoms with Gasteiger partial charge in [0, 0.05) is 30.2 Å². The number of imidazole rings is 1. The summed E-state index contributed by atoms with van der Waals surface area (Å²) < 4.78 is 7.21. The third kappa shape index (κ3) is 2.53. The van der Waals surface area contributed by atoms with Gasteiger partial charge in [-0.1, -0.05) is 37.7 Å². The van der Waals surface area contributed by atoms with E-state index in [1.54, 1.807) is 24.2 Å². The van der Waals surface area contributed by atoms with E-state index in [1.807, 2.05) is 37.6 Å². The van der Waals surface area contributed by atoms with E-state index in [9.17, 15) is 0 Å². The molecule has 0 aliphatic rings. The third-order valence-corrected chi connectivity index (χ3v) is 3.69. The number of thioether (sulfide) groups is 1. The summed E-state index contributed by atoms with van der Waals surface area (Å²) in [7, 11) is 0. The van der Waals surface area contributed by atoms with E-state index in [0.29, 0.717) is 17.5 Å². The first-order valence-corrected chi connectivity index (χ1v) is 7.26. The molecular weight excluding hydrogens is 274 g/mol. The number of hydrogen-bond donors (Lipinski definition) is 0. The predicted molar refractivity (Wildman–Crippen MR) is 75.5 cm³/mol. The van der Waals surface area contributed by atoms with E-state index in [-0.39, 0.29) is 5.41 Å². The lowest BCUT2D eigenvalue weighted by Gasteiger charge is -2.10. The standard InChI is InChI=1S/C13H15N5OS/c1-13(2,3)12-16-9(17-19-12)8-20-11-10-14-4-6-18(10)7-5-15-11/h4-7H,8H2,1-3H3. The topological polar surface area (TPSA) is 69.1 Å². The quantitative estimate of drug-likeness (QED) is 0.690. The SMILES string of the molecule is CC(C)(C)c1nc(CSc2nccn3ccnc23)no1. The fraction of sp³-hybridized carbons (Fsp3) is 0.385. The average Bonchev–Trinajstić information content (AvgIpc) is 3.04. The molecule has 3 heterocycles. The summed E-state index contributed by atoms with van der Waals surface area (Å²) in [6, 6.07) is 0. The van der Waals surface area contributed by atoms with Crippen molar-refractivity contribution in [2.45, 2.75) is 37.0 Å². The van der Waals surface area contributed by atoms with Crippen molar-refractivity contribution in [3.05, 3.63) is 36.5 Å². The molecule has 7 heteroatoms. The van der Waals surface area contributed by atoms with Crippen molar-refractivity contribution >= 4 is 17.4 Å². The van der Waals surface area contributed by atoms with E-state index in [0.717, 1.165) is 10.7 Å². The molecule has 0 radical (unpaired) electrons. The largest absolute Gasteiger partial charge is 0.339 e. The molecular formula is C13H15N5OS. The fourth-order valence-corrected chi connectivity index (χ4v) is 2.49. The normalized spacial score (nSPS) is 12.2. The molecule has 0 unspecified atom stereocenters. The van der Waals surface area contributed by atoms with Crippen molar-refractivity contribution in [1.29, 1.82) is 0 Å². The number of fused-ring (bicyclic) bond motifs is 1. The Morgan fingerprint density at radius 2 is 1.95 bits per heavy atom. The van der Waals surface area contributed by atoms with Gasteiger partial charge in [0.1, 0.15) is 5.03 Å². The highest BCUT2D eigenvalue weighted by Crippen LogP contribution is 2.25. The highest BCUT2D eigenvalue weighted by molar-refractivity contribution is 7.98. The second-order valence-electron chi connectivity index (χ2n) is 5.44. The predicted octanol–water partition coefficient (Wildman–Crippen LogP) is 2.70. The Morgan fingerprint density at radius 1 is 1.20 bits per heavy atom. The minimum absolute atomic E-state index is 0.128. The summed E-state index contributed by atoms with van der Waals surface area (Å²) in [5.74, 6) is 1.94. The van der Waals surface area contributed by atoms with Gasteiger partial charge >= 0.3 is 0 Å².